The number of rotatable bonds is 4. The van der Waals surface area contributed by atoms with Gasteiger partial charge in [-0.15, -0.1) is 0 Å². The lowest BCUT2D eigenvalue weighted by Gasteiger charge is -2.14. The molecular formula is C17H13F3N2O2. The fraction of sp³-hybridized carbons (Fsp3) is 0.176. The summed E-state index contributed by atoms with van der Waals surface area (Å²) in [6, 6.07) is 8.76. The molecule has 0 N–H and O–H groups in total. The minimum absolute atomic E-state index is 0.0378. The second-order valence-electron chi connectivity index (χ2n) is 5.28. The van der Waals surface area contributed by atoms with E-state index in [1.165, 1.54) is 23.9 Å². The number of carbonyl (C=O) groups is 1. The second-order valence-corrected chi connectivity index (χ2v) is 5.28. The molecule has 3 rings (SSSR count). The van der Waals surface area contributed by atoms with Crippen molar-refractivity contribution in [3.8, 4) is 5.75 Å². The first kappa shape index (κ1) is 16.0. The van der Waals surface area contributed by atoms with Gasteiger partial charge < -0.3 is 4.74 Å². The minimum atomic E-state index is -4.48. The summed E-state index contributed by atoms with van der Waals surface area (Å²) in [5.41, 5.74) is 0.437. The van der Waals surface area contributed by atoms with Gasteiger partial charge in [0, 0.05) is 17.1 Å². The average molecular weight is 334 g/mol. The molecule has 7 heteroatoms. The molecule has 1 heterocycles. The Bertz CT molecular complexity index is 900. The van der Waals surface area contributed by atoms with Crippen molar-refractivity contribution in [2.24, 2.45) is 0 Å². The van der Waals surface area contributed by atoms with E-state index in [9.17, 15) is 18.0 Å². The Morgan fingerprint density at radius 2 is 2.00 bits per heavy atom. The van der Waals surface area contributed by atoms with Crippen LogP contribution in [0.5, 0.6) is 5.75 Å². The average Bonchev–Trinajstić information content (AvgIpc) is 2.95. The number of hydrogen-bond donors (Lipinski definition) is 0. The highest BCUT2D eigenvalue weighted by atomic mass is 19.4. The predicted octanol–water partition coefficient (Wildman–Crippen LogP) is 3.92. The molecule has 0 amide bonds. The maximum absolute atomic E-state index is 13.2. The molecule has 0 aliphatic rings. The SMILES string of the molecule is COc1ccc(Cn2cc3cc(C=O)ccc3n2)c(C(F)(F)F)c1. The Hall–Kier alpha value is -2.83. The third-order valence-electron chi connectivity index (χ3n) is 3.67. The Kier molecular flexibility index (Phi) is 4.01. The quantitative estimate of drug-likeness (QED) is 0.679. The smallest absolute Gasteiger partial charge is 0.416 e. The summed E-state index contributed by atoms with van der Waals surface area (Å²) in [6.45, 7) is -0.0378. The van der Waals surface area contributed by atoms with E-state index in [0.717, 1.165) is 6.07 Å². The van der Waals surface area contributed by atoms with Gasteiger partial charge in [0.15, 0.2) is 0 Å². The molecular weight excluding hydrogens is 321 g/mol. The summed E-state index contributed by atoms with van der Waals surface area (Å²) in [5.74, 6) is 0.146. The van der Waals surface area contributed by atoms with Gasteiger partial charge in [-0.2, -0.15) is 18.3 Å². The molecule has 2 aromatic carbocycles. The van der Waals surface area contributed by atoms with Crippen LogP contribution in [0.25, 0.3) is 10.9 Å². The molecule has 0 fully saturated rings. The van der Waals surface area contributed by atoms with E-state index in [0.29, 0.717) is 22.8 Å². The van der Waals surface area contributed by atoms with Crippen LogP contribution < -0.4 is 4.74 Å². The van der Waals surface area contributed by atoms with Crippen molar-refractivity contribution in [2.45, 2.75) is 12.7 Å². The molecule has 1 aromatic heterocycles. The van der Waals surface area contributed by atoms with E-state index >= 15 is 0 Å². The first-order valence-electron chi connectivity index (χ1n) is 7.07. The molecule has 0 aliphatic heterocycles. The third-order valence-corrected chi connectivity index (χ3v) is 3.67. The Morgan fingerprint density at radius 1 is 1.21 bits per heavy atom. The second kappa shape index (κ2) is 5.99. The van der Waals surface area contributed by atoms with Gasteiger partial charge in [-0.05, 0) is 35.9 Å². The van der Waals surface area contributed by atoms with Crippen LogP contribution in [0.4, 0.5) is 13.2 Å². The zero-order valence-electron chi connectivity index (χ0n) is 12.7. The predicted molar refractivity (Wildman–Crippen MR) is 82.2 cm³/mol. The van der Waals surface area contributed by atoms with Crippen LogP contribution in [-0.4, -0.2) is 23.2 Å². The first-order chi connectivity index (χ1) is 11.4. The topological polar surface area (TPSA) is 44.1 Å². The van der Waals surface area contributed by atoms with Crippen LogP contribution in [0.3, 0.4) is 0 Å². The summed E-state index contributed by atoms with van der Waals surface area (Å²) in [7, 11) is 1.32. The highest BCUT2D eigenvalue weighted by Gasteiger charge is 2.33. The van der Waals surface area contributed by atoms with Gasteiger partial charge in [-0.1, -0.05) is 6.07 Å². The van der Waals surface area contributed by atoms with Crippen LogP contribution in [0.15, 0.2) is 42.6 Å². The van der Waals surface area contributed by atoms with E-state index in [2.05, 4.69) is 5.10 Å². The van der Waals surface area contributed by atoms with Crippen LogP contribution >= 0.6 is 0 Å². The van der Waals surface area contributed by atoms with Crippen LogP contribution in [-0.2, 0) is 12.7 Å². The Morgan fingerprint density at radius 3 is 2.67 bits per heavy atom. The molecule has 0 saturated carbocycles. The fourth-order valence-corrected chi connectivity index (χ4v) is 2.51. The molecule has 0 spiro atoms. The number of halogens is 3. The molecule has 0 atom stereocenters. The standard InChI is InChI=1S/C17H13F3N2O2/c1-24-14-4-3-12(15(7-14)17(18,19)20)8-22-9-13-6-11(10-23)2-5-16(13)21-22/h2-7,9-10H,8H2,1H3. The molecule has 3 aromatic rings. The van der Waals surface area contributed by atoms with Crippen molar-refractivity contribution in [2.75, 3.05) is 7.11 Å². The van der Waals surface area contributed by atoms with Gasteiger partial charge in [0.25, 0.3) is 0 Å². The number of benzene rings is 2. The van der Waals surface area contributed by atoms with Crippen LogP contribution in [0, 0.1) is 0 Å². The lowest BCUT2D eigenvalue weighted by Crippen LogP contribution is -2.12. The molecule has 24 heavy (non-hydrogen) atoms. The molecule has 0 aliphatic carbocycles. The van der Waals surface area contributed by atoms with Gasteiger partial charge >= 0.3 is 6.18 Å². The van der Waals surface area contributed by atoms with Gasteiger partial charge in [-0.3, -0.25) is 9.48 Å². The maximum atomic E-state index is 13.2. The number of hydrogen-bond acceptors (Lipinski definition) is 3. The maximum Gasteiger partial charge on any atom is 0.416 e. The summed E-state index contributed by atoms with van der Waals surface area (Å²) in [5, 5.41) is 4.95. The first-order valence-corrected chi connectivity index (χ1v) is 7.07. The Labute approximate surface area is 135 Å². The molecule has 124 valence electrons. The van der Waals surface area contributed by atoms with Crippen LogP contribution in [0.2, 0.25) is 0 Å². The monoisotopic (exact) mass is 334 g/mol. The number of alkyl halides is 3. The van der Waals surface area contributed by atoms with Gasteiger partial charge in [0.2, 0.25) is 0 Å². The number of carbonyl (C=O) groups excluding carboxylic acids is 1. The van der Waals surface area contributed by atoms with Crippen molar-refractivity contribution < 1.29 is 22.7 Å². The number of methoxy groups -OCH3 is 1. The molecule has 0 saturated heterocycles. The van der Waals surface area contributed by atoms with Gasteiger partial charge in [0.05, 0.1) is 24.7 Å². The van der Waals surface area contributed by atoms with Crippen molar-refractivity contribution >= 4 is 17.2 Å². The van der Waals surface area contributed by atoms with E-state index in [1.54, 1.807) is 24.4 Å². The van der Waals surface area contributed by atoms with E-state index in [-0.39, 0.29) is 17.9 Å². The number of aromatic nitrogens is 2. The minimum Gasteiger partial charge on any atom is -0.497 e. The molecule has 0 bridgehead atoms. The molecule has 0 unspecified atom stereocenters. The van der Waals surface area contributed by atoms with E-state index in [4.69, 9.17) is 4.74 Å². The lowest BCUT2D eigenvalue weighted by atomic mass is 10.1. The van der Waals surface area contributed by atoms with E-state index < -0.39 is 11.7 Å². The summed E-state index contributed by atoms with van der Waals surface area (Å²) >= 11 is 0. The zero-order valence-corrected chi connectivity index (χ0v) is 12.7. The van der Waals surface area contributed by atoms with Crippen LogP contribution in [0.1, 0.15) is 21.5 Å². The lowest BCUT2D eigenvalue weighted by molar-refractivity contribution is -0.138. The highest BCUT2D eigenvalue weighted by Crippen LogP contribution is 2.34. The van der Waals surface area contributed by atoms with Crippen molar-refractivity contribution in [1.29, 1.82) is 0 Å². The van der Waals surface area contributed by atoms with Gasteiger partial charge in [0.1, 0.15) is 12.0 Å². The normalized spacial score (nSPS) is 11.7. The number of ether oxygens (including phenoxy) is 1. The van der Waals surface area contributed by atoms with Crippen molar-refractivity contribution in [3.63, 3.8) is 0 Å². The Balaban J connectivity index is 2.00. The largest absolute Gasteiger partial charge is 0.497 e. The summed E-state index contributed by atoms with van der Waals surface area (Å²) < 4.78 is 46.0. The number of fused-ring (bicyclic) bond motifs is 1. The fourth-order valence-electron chi connectivity index (χ4n) is 2.51. The van der Waals surface area contributed by atoms with Crippen molar-refractivity contribution in [1.82, 2.24) is 9.78 Å². The zero-order chi connectivity index (χ0) is 17.3. The number of nitrogens with zero attached hydrogens (tertiary/aromatic N) is 2. The molecule has 4 nitrogen and oxygen atoms in total. The number of aldehydes is 1. The molecule has 0 radical (unpaired) electrons. The highest BCUT2D eigenvalue weighted by molar-refractivity contribution is 5.86. The van der Waals surface area contributed by atoms with Crippen molar-refractivity contribution in [3.05, 3.63) is 59.3 Å². The third kappa shape index (κ3) is 3.10. The van der Waals surface area contributed by atoms with E-state index in [1.807, 2.05) is 0 Å². The summed E-state index contributed by atoms with van der Waals surface area (Å²) in [4.78, 5) is 10.8. The summed E-state index contributed by atoms with van der Waals surface area (Å²) in [6.07, 6.45) is -2.16. The van der Waals surface area contributed by atoms with Gasteiger partial charge in [-0.25, -0.2) is 0 Å².